The van der Waals surface area contributed by atoms with E-state index >= 15 is 0 Å². The van der Waals surface area contributed by atoms with Crippen LogP contribution in [0.3, 0.4) is 0 Å². The van der Waals surface area contributed by atoms with Gasteiger partial charge in [-0.2, -0.15) is 0 Å². The summed E-state index contributed by atoms with van der Waals surface area (Å²) >= 11 is 4.91. The van der Waals surface area contributed by atoms with Gasteiger partial charge in [0.25, 0.3) is 0 Å². The van der Waals surface area contributed by atoms with Crippen LogP contribution < -0.4 is 0 Å². The van der Waals surface area contributed by atoms with Crippen LogP contribution in [0.15, 0.2) is 15.9 Å². The van der Waals surface area contributed by atoms with Crippen molar-refractivity contribution in [3.05, 3.63) is 20.8 Å². The third kappa shape index (κ3) is 4.47. The zero-order valence-electron chi connectivity index (χ0n) is 9.64. The van der Waals surface area contributed by atoms with Crippen LogP contribution in [0.4, 0.5) is 0 Å². The van der Waals surface area contributed by atoms with Gasteiger partial charge in [-0.1, -0.05) is 6.92 Å². The summed E-state index contributed by atoms with van der Waals surface area (Å²) in [6.07, 6.45) is 0.0401. The summed E-state index contributed by atoms with van der Waals surface area (Å²) in [4.78, 5) is 25.0. The number of carbonyl (C=O) groups excluding carboxylic acids is 1. The van der Waals surface area contributed by atoms with Crippen LogP contribution >= 0.6 is 27.3 Å². The minimum atomic E-state index is -0.939. The maximum Gasteiger partial charge on any atom is 0.306 e. The smallest absolute Gasteiger partial charge is 0.306 e. The van der Waals surface area contributed by atoms with E-state index in [0.717, 1.165) is 9.35 Å². The predicted molar refractivity (Wildman–Crippen MR) is 69.9 cm³/mol. The van der Waals surface area contributed by atoms with Gasteiger partial charge in [-0.3, -0.25) is 9.59 Å². The number of carboxylic acid groups (broad SMARTS) is 1. The molecule has 0 bridgehead atoms. The molecule has 1 unspecified atom stereocenters. The lowest BCUT2D eigenvalue weighted by Crippen LogP contribution is -2.28. The Kier molecular flexibility index (Phi) is 5.14. The van der Waals surface area contributed by atoms with Gasteiger partial charge in [0.1, 0.15) is 0 Å². The summed E-state index contributed by atoms with van der Waals surface area (Å²) in [5.74, 6) is -1.73. The van der Waals surface area contributed by atoms with Crippen molar-refractivity contribution in [2.45, 2.75) is 19.9 Å². The second-order valence-electron chi connectivity index (χ2n) is 3.92. The lowest BCUT2D eigenvalue weighted by molar-refractivity contribution is -0.145. The number of nitrogens with zero attached hydrogens (tertiary/aromatic N) is 1. The highest BCUT2D eigenvalue weighted by atomic mass is 79.9. The summed E-state index contributed by atoms with van der Waals surface area (Å²) in [6.45, 7) is 2.05. The van der Waals surface area contributed by atoms with Crippen molar-refractivity contribution in [1.82, 2.24) is 4.90 Å². The Morgan fingerprint density at radius 1 is 1.59 bits per heavy atom. The lowest BCUT2D eigenvalue weighted by atomic mass is 10.1. The minimum Gasteiger partial charge on any atom is -0.481 e. The molecule has 0 saturated heterocycles. The van der Waals surface area contributed by atoms with Crippen LogP contribution in [0.25, 0.3) is 0 Å². The normalized spacial score (nSPS) is 12.2. The van der Waals surface area contributed by atoms with E-state index < -0.39 is 11.9 Å². The Hall–Kier alpha value is -0.880. The van der Waals surface area contributed by atoms with Crippen molar-refractivity contribution in [3.8, 4) is 0 Å². The molecule has 4 nitrogen and oxygen atoms in total. The van der Waals surface area contributed by atoms with E-state index in [0.29, 0.717) is 6.54 Å². The molecule has 0 aliphatic carbocycles. The molecular formula is C11H14BrNO3S. The Balaban J connectivity index is 2.50. The molecule has 0 fully saturated rings. The fourth-order valence-electron chi connectivity index (χ4n) is 1.26. The fraction of sp³-hybridized carbons (Fsp3) is 0.455. The van der Waals surface area contributed by atoms with E-state index in [9.17, 15) is 9.59 Å². The van der Waals surface area contributed by atoms with E-state index in [-0.39, 0.29) is 12.3 Å². The number of rotatable bonds is 5. The first-order valence-corrected chi connectivity index (χ1v) is 6.77. The second kappa shape index (κ2) is 6.16. The molecule has 1 N–H and O–H groups in total. The van der Waals surface area contributed by atoms with Crippen molar-refractivity contribution < 1.29 is 14.7 Å². The SMILES string of the molecule is CC(CC(=O)N(C)Cc1cc(Br)cs1)C(=O)O. The number of amides is 1. The highest BCUT2D eigenvalue weighted by Gasteiger charge is 2.18. The molecule has 1 rings (SSSR count). The maximum absolute atomic E-state index is 11.7. The van der Waals surface area contributed by atoms with Crippen LogP contribution in [0, 0.1) is 5.92 Å². The quantitative estimate of drug-likeness (QED) is 0.907. The largest absolute Gasteiger partial charge is 0.481 e. The number of thiophene rings is 1. The second-order valence-corrected chi connectivity index (χ2v) is 5.84. The number of aliphatic carboxylic acids is 1. The van der Waals surface area contributed by atoms with E-state index in [4.69, 9.17) is 5.11 Å². The van der Waals surface area contributed by atoms with Gasteiger partial charge in [0, 0.05) is 28.2 Å². The molecule has 0 aliphatic heterocycles. The van der Waals surface area contributed by atoms with Crippen LogP contribution in [-0.2, 0) is 16.1 Å². The molecule has 1 amide bonds. The van der Waals surface area contributed by atoms with Crippen molar-refractivity contribution in [3.63, 3.8) is 0 Å². The Morgan fingerprint density at radius 3 is 2.71 bits per heavy atom. The molecule has 0 aromatic carbocycles. The van der Waals surface area contributed by atoms with Gasteiger partial charge in [0.15, 0.2) is 0 Å². The van der Waals surface area contributed by atoms with Crippen molar-refractivity contribution in [2.75, 3.05) is 7.05 Å². The van der Waals surface area contributed by atoms with Gasteiger partial charge in [0.2, 0.25) is 5.91 Å². The molecule has 6 heteroatoms. The summed E-state index contributed by atoms with van der Waals surface area (Å²) in [7, 11) is 1.69. The average molecular weight is 320 g/mol. The van der Waals surface area contributed by atoms with Gasteiger partial charge in [-0.15, -0.1) is 11.3 Å². The highest BCUT2D eigenvalue weighted by Crippen LogP contribution is 2.21. The van der Waals surface area contributed by atoms with E-state index in [1.807, 2.05) is 11.4 Å². The van der Waals surface area contributed by atoms with Crippen LogP contribution in [0.1, 0.15) is 18.2 Å². The molecule has 1 heterocycles. The third-order valence-corrected chi connectivity index (χ3v) is 4.03. The van der Waals surface area contributed by atoms with Crippen molar-refractivity contribution in [1.29, 1.82) is 0 Å². The molecule has 94 valence electrons. The standard InChI is InChI=1S/C11H14BrNO3S/c1-7(11(15)16)3-10(14)13(2)5-9-4-8(12)6-17-9/h4,6-7H,3,5H2,1-2H3,(H,15,16). The molecule has 0 radical (unpaired) electrons. The van der Waals surface area contributed by atoms with Crippen LogP contribution in [-0.4, -0.2) is 28.9 Å². The summed E-state index contributed by atoms with van der Waals surface area (Å²) in [5.41, 5.74) is 0. The van der Waals surface area contributed by atoms with E-state index in [1.165, 1.54) is 6.92 Å². The van der Waals surface area contributed by atoms with Gasteiger partial charge >= 0.3 is 5.97 Å². The summed E-state index contributed by atoms with van der Waals surface area (Å²) < 4.78 is 0.997. The topological polar surface area (TPSA) is 57.6 Å². The van der Waals surface area contributed by atoms with E-state index in [2.05, 4.69) is 15.9 Å². The Bertz CT molecular complexity index is 419. The number of carbonyl (C=O) groups is 2. The number of hydrogen-bond donors (Lipinski definition) is 1. The average Bonchev–Trinajstić information content (AvgIpc) is 2.63. The summed E-state index contributed by atoms with van der Waals surface area (Å²) in [6, 6.07) is 1.95. The zero-order valence-corrected chi connectivity index (χ0v) is 12.0. The predicted octanol–water partition coefficient (Wildman–Crippen LogP) is 2.58. The van der Waals surface area contributed by atoms with Crippen molar-refractivity contribution >= 4 is 39.1 Å². The molecular weight excluding hydrogens is 306 g/mol. The highest BCUT2D eigenvalue weighted by molar-refractivity contribution is 9.10. The van der Waals surface area contributed by atoms with Gasteiger partial charge in [0.05, 0.1) is 12.5 Å². The van der Waals surface area contributed by atoms with Gasteiger partial charge < -0.3 is 10.0 Å². The number of carboxylic acids is 1. The molecule has 1 atom stereocenters. The Morgan fingerprint density at radius 2 is 2.24 bits per heavy atom. The first kappa shape index (κ1) is 14.2. The fourth-order valence-corrected chi connectivity index (χ4v) is 2.77. The van der Waals surface area contributed by atoms with Crippen LogP contribution in [0.2, 0.25) is 0 Å². The molecule has 17 heavy (non-hydrogen) atoms. The van der Waals surface area contributed by atoms with Crippen molar-refractivity contribution in [2.24, 2.45) is 5.92 Å². The first-order valence-electron chi connectivity index (χ1n) is 5.10. The lowest BCUT2D eigenvalue weighted by Gasteiger charge is -2.17. The molecule has 0 spiro atoms. The maximum atomic E-state index is 11.7. The molecule has 0 saturated carbocycles. The summed E-state index contributed by atoms with van der Waals surface area (Å²) in [5, 5.41) is 10.7. The third-order valence-electron chi connectivity index (χ3n) is 2.34. The minimum absolute atomic E-state index is 0.0401. The zero-order chi connectivity index (χ0) is 13.0. The first-order chi connectivity index (χ1) is 7.90. The van der Waals surface area contributed by atoms with E-state index in [1.54, 1.807) is 23.3 Å². The Labute approximate surface area is 112 Å². The molecule has 1 aromatic rings. The molecule has 1 aromatic heterocycles. The number of hydrogen-bond acceptors (Lipinski definition) is 3. The van der Waals surface area contributed by atoms with Gasteiger partial charge in [-0.25, -0.2) is 0 Å². The monoisotopic (exact) mass is 319 g/mol. The van der Waals surface area contributed by atoms with Gasteiger partial charge in [-0.05, 0) is 22.0 Å². The van der Waals surface area contributed by atoms with Crippen LogP contribution in [0.5, 0.6) is 0 Å². The molecule has 0 aliphatic rings. The number of halogens is 1.